The minimum absolute atomic E-state index is 0.214. The Kier molecular flexibility index (Phi) is 3.99. The van der Waals surface area contributed by atoms with Crippen LogP contribution in [0.1, 0.15) is 42.9 Å². The lowest BCUT2D eigenvalue weighted by molar-refractivity contribution is 0.388. The van der Waals surface area contributed by atoms with E-state index in [1.807, 2.05) is 20.8 Å². The quantitative estimate of drug-likeness (QED) is 0.869. The average molecular weight is 282 g/mol. The SMILES string of the molecule is Cc1nc(CNc2nc(C(C)C)nc(Cl)c2C)no1. The highest BCUT2D eigenvalue weighted by Crippen LogP contribution is 2.23. The lowest BCUT2D eigenvalue weighted by Crippen LogP contribution is -2.09. The number of hydrogen-bond acceptors (Lipinski definition) is 6. The molecule has 2 heterocycles. The van der Waals surface area contributed by atoms with Crippen molar-refractivity contribution in [2.24, 2.45) is 0 Å². The Morgan fingerprint density at radius 3 is 2.53 bits per heavy atom. The second-order valence-electron chi connectivity index (χ2n) is 4.58. The van der Waals surface area contributed by atoms with Gasteiger partial charge in [0.1, 0.15) is 16.8 Å². The Morgan fingerprint density at radius 2 is 1.95 bits per heavy atom. The number of aromatic nitrogens is 4. The van der Waals surface area contributed by atoms with Crippen molar-refractivity contribution < 1.29 is 4.52 Å². The lowest BCUT2D eigenvalue weighted by atomic mass is 10.2. The van der Waals surface area contributed by atoms with Gasteiger partial charge >= 0.3 is 0 Å². The van der Waals surface area contributed by atoms with Crippen molar-refractivity contribution in [1.82, 2.24) is 20.1 Å². The van der Waals surface area contributed by atoms with Crippen LogP contribution in [0.3, 0.4) is 0 Å². The summed E-state index contributed by atoms with van der Waals surface area (Å²) in [4.78, 5) is 12.8. The first-order valence-corrected chi connectivity index (χ1v) is 6.42. The van der Waals surface area contributed by atoms with E-state index in [1.165, 1.54) is 0 Å². The zero-order chi connectivity index (χ0) is 14.0. The molecule has 6 nitrogen and oxygen atoms in total. The maximum absolute atomic E-state index is 6.11. The van der Waals surface area contributed by atoms with Gasteiger partial charge in [-0.15, -0.1) is 0 Å². The van der Waals surface area contributed by atoms with Gasteiger partial charge in [-0.3, -0.25) is 0 Å². The van der Waals surface area contributed by atoms with Crippen molar-refractivity contribution in [1.29, 1.82) is 0 Å². The number of nitrogens with one attached hydrogen (secondary N) is 1. The smallest absolute Gasteiger partial charge is 0.223 e. The third-order valence-electron chi connectivity index (χ3n) is 2.60. The van der Waals surface area contributed by atoms with Crippen LogP contribution in [0.4, 0.5) is 5.82 Å². The fourth-order valence-corrected chi connectivity index (χ4v) is 1.69. The average Bonchev–Trinajstić information content (AvgIpc) is 2.76. The lowest BCUT2D eigenvalue weighted by Gasteiger charge is -2.11. The van der Waals surface area contributed by atoms with Crippen molar-refractivity contribution in [2.75, 3.05) is 5.32 Å². The Bertz CT molecular complexity index is 581. The number of nitrogens with zero attached hydrogens (tertiary/aromatic N) is 4. The molecule has 0 spiro atoms. The van der Waals surface area contributed by atoms with Crippen LogP contribution in [0.2, 0.25) is 5.15 Å². The highest BCUT2D eigenvalue weighted by molar-refractivity contribution is 6.30. The highest BCUT2D eigenvalue weighted by Gasteiger charge is 2.12. The van der Waals surface area contributed by atoms with E-state index in [2.05, 4.69) is 25.4 Å². The van der Waals surface area contributed by atoms with Crippen LogP contribution < -0.4 is 5.32 Å². The monoisotopic (exact) mass is 281 g/mol. The fraction of sp³-hybridized carbons (Fsp3) is 0.500. The minimum Gasteiger partial charge on any atom is -0.362 e. The Hall–Kier alpha value is -1.69. The van der Waals surface area contributed by atoms with Crippen LogP contribution in [0.5, 0.6) is 0 Å². The summed E-state index contributed by atoms with van der Waals surface area (Å²) < 4.78 is 4.91. The molecule has 1 N–H and O–H groups in total. The van der Waals surface area contributed by atoms with Crippen LogP contribution in [0.15, 0.2) is 4.52 Å². The first kappa shape index (κ1) is 13.7. The van der Waals surface area contributed by atoms with E-state index < -0.39 is 0 Å². The molecule has 0 fully saturated rings. The van der Waals surface area contributed by atoms with Gasteiger partial charge in [0.2, 0.25) is 5.89 Å². The van der Waals surface area contributed by atoms with E-state index >= 15 is 0 Å². The number of aryl methyl sites for hydroxylation is 1. The summed E-state index contributed by atoms with van der Waals surface area (Å²) in [5.74, 6) is 2.74. The molecule has 0 unspecified atom stereocenters. The van der Waals surface area contributed by atoms with Gasteiger partial charge in [0.15, 0.2) is 5.82 Å². The third-order valence-corrected chi connectivity index (χ3v) is 2.97. The molecule has 0 aliphatic rings. The largest absolute Gasteiger partial charge is 0.362 e. The van der Waals surface area contributed by atoms with Gasteiger partial charge in [-0.05, 0) is 6.92 Å². The van der Waals surface area contributed by atoms with Gasteiger partial charge in [-0.1, -0.05) is 30.6 Å². The molecular weight excluding hydrogens is 266 g/mol. The zero-order valence-corrected chi connectivity index (χ0v) is 12.1. The molecule has 0 saturated heterocycles. The molecule has 0 saturated carbocycles. The molecule has 2 aromatic heterocycles. The summed E-state index contributed by atoms with van der Waals surface area (Å²) in [6.07, 6.45) is 0. The summed E-state index contributed by atoms with van der Waals surface area (Å²) >= 11 is 6.11. The van der Waals surface area contributed by atoms with Crippen LogP contribution in [-0.2, 0) is 6.54 Å². The molecular formula is C12H16ClN5O. The second-order valence-corrected chi connectivity index (χ2v) is 4.94. The van der Waals surface area contributed by atoms with Crippen molar-refractivity contribution in [3.63, 3.8) is 0 Å². The van der Waals surface area contributed by atoms with Gasteiger partial charge in [-0.25, -0.2) is 9.97 Å². The normalized spacial score (nSPS) is 11.1. The van der Waals surface area contributed by atoms with Gasteiger partial charge in [0.25, 0.3) is 0 Å². The Balaban J connectivity index is 2.19. The second kappa shape index (κ2) is 5.52. The van der Waals surface area contributed by atoms with Crippen molar-refractivity contribution in [3.05, 3.63) is 28.3 Å². The number of rotatable bonds is 4. The molecule has 0 bridgehead atoms. The van der Waals surface area contributed by atoms with E-state index in [0.29, 0.717) is 35.1 Å². The third kappa shape index (κ3) is 3.20. The van der Waals surface area contributed by atoms with Crippen molar-refractivity contribution >= 4 is 17.4 Å². The molecule has 0 aliphatic heterocycles. The van der Waals surface area contributed by atoms with Gasteiger partial charge < -0.3 is 9.84 Å². The molecule has 0 atom stereocenters. The predicted octanol–water partition coefficient (Wildman–Crippen LogP) is 2.87. The molecule has 2 aromatic rings. The molecule has 0 aromatic carbocycles. The summed E-state index contributed by atoms with van der Waals surface area (Å²) in [5, 5.41) is 7.44. The molecule has 102 valence electrons. The van der Waals surface area contributed by atoms with Crippen LogP contribution in [0.25, 0.3) is 0 Å². The van der Waals surface area contributed by atoms with E-state index in [9.17, 15) is 0 Å². The van der Waals surface area contributed by atoms with Gasteiger partial charge in [0.05, 0.1) is 6.54 Å². The van der Waals surface area contributed by atoms with Crippen molar-refractivity contribution in [3.8, 4) is 0 Å². The molecule has 0 radical (unpaired) electrons. The Morgan fingerprint density at radius 1 is 1.21 bits per heavy atom. The maximum Gasteiger partial charge on any atom is 0.223 e. The highest BCUT2D eigenvalue weighted by atomic mass is 35.5. The first-order valence-electron chi connectivity index (χ1n) is 6.04. The summed E-state index contributed by atoms with van der Waals surface area (Å²) in [5.41, 5.74) is 0.811. The standard InChI is InChI=1S/C12H16ClN5O/c1-6(2)11-16-10(13)7(3)12(17-11)14-5-9-15-8(4)19-18-9/h6H,5H2,1-4H3,(H,14,16,17). The fourth-order valence-electron chi connectivity index (χ4n) is 1.51. The van der Waals surface area contributed by atoms with Gasteiger partial charge in [0, 0.05) is 18.4 Å². The predicted molar refractivity (Wildman–Crippen MR) is 72.2 cm³/mol. The topological polar surface area (TPSA) is 76.7 Å². The molecule has 2 rings (SSSR count). The summed E-state index contributed by atoms with van der Waals surface area (Å²) in [6.45, 7) is 8.10. The molecule has 0 amide bonds. The summed E-state index contributed by atoms with van der Waals surface area (Å²) in [7, 11) is 0. The number of hydrogen-bond donors (Lipinski definition) is 1. The van der Waals surface area contributed by atoms with Crippen molar-refractivity contribution in [2.45, 2.75) is 40.2 Å². The van der Waals surface area contributed by atoms with Gasteiger partial charge in [-0.2, -0.15) is 4.98 Å². The Labute approximate surface area is 116 Å². The van der Waals surface area contributed by atoms with Crippen LogP contribution in [0, 0.1) is 13.8 Å². The summed E-state index contributed by atoms with van der Waals surface area (Å²) in [6, 6.07) is 0. The zero-order valence-electron chi connectivity index (χ0n) is 11.4. The number of anilines is 1. The van der Waals surface area contributed by atoms with Crippen LogP contribution >= 0.6 is 11.6 Å². The molecule has 7 heteroatoms. The maximum atomic E-state index is 6.11. The van der Waals surface area contributed by atoms with Crippen LogP contribution in [-0.4, -0.2) is 20.1 Å². The van der Waals surface area contributed by atoms with E-state index in [1.54, 1.807) is 6.92 Å². The number of halogens is 1. The minimum atomic E-state index is 0.214. The van der Waals surface area contributed by atoms with E-state index in [4.69, 9.17) is 16.1 Å². The molecule has 19 heavy (non-hydrogen) atoms. The van der Waals surface area contributed by atoms with E-state index in [0.717, 1.165) is 5.56 Å². The van der Waals surface area contributed by atoms with E-state index in [-0.39, 0.29) is 5.92 Å². The first-order chi connectivity index (χ1) is 8.97. The molecule has 0 aliphatic carbocycles.